The van der Waals surface area contributed by atoms with Crippen LogP contribution in [-0.4, -0.2) is 24.1 Å². The Morgan fingerprint density at radius 2 is 1.68 bits per heavy atom. The number of nitrogens with zero attached hydrogens (tertiary/aromatic N) is 2. The fraction of sp³-hybridized carbons (Fsp3) is 0.0588. The normalized spacial score (nSPS) is 17.9. The van der Waals surface area contributed by atoms with Crippen LogP contribution in [0.3, 0.4) is 0 Å². The number of barbiturate groups is 1. The lowest BCUT2D eigenvalue weighted by atomic mass is 10.1. The van der Waals surface area contributed by atoms with Crippen LogP contribution < -0.4 is 10.2 Å². The molecular formula is C17H11ClFN3O3. The number of imide groups is 2. The van der Waals surface area contributed by atoms with Gasteiger partial charge >= 0.3 is 6.03 Å². The van der Waals surface area contributed by atoms with Gasteiger partial charge in [-0.1, -0.05) is 11.6 Å². The van der Waals surface area contributed by atoms with E-state index in [-0.39, 0.29) is 5.69 Å². The third-order valence-corrected chi connectivity index (χ3v) is 3.74. The number of urea groups is 1. The van der Waals surface area contributed by atoms with Crippen LogP contribution >= 0.6 is 11.6 Å². The van der Waals surface area contributed by atoms with Gasteiger partial charge in [-0.15, -0.1) is 0 Å². The van der Waals surface area contributed by atoms with E-state index in [9.17, 15) is 18.8 Å². The summed E-state index contributed by atoms with van der Waals surface area (Å²) in [5.41, 5.74) is 0.650. The first-order valence-electron chi connectivity index (χ1n) is 7.20. The Morgan fingerprint density at radius 1 is 1.04 bits per heavy atom. The monoisotopic (exact) mass is 359 g/mol. The first-order chi connectivity index (χ1) is 12.0. The Bertz CT molecular complexity index is 866. The molecule has 0 bridgehead atoms. The van der Waals surface area contributed by atoms with Gasteiger partial charge in [-0.05, 0) is 48.5 Å². The lowest BCUT2D eigenvalue weighted by Crippen LogP contribution is -2.58. The van der Waals surface area contributed by atoms with E-state index in [1.165, 1.54) is 12.1 Å². The van der Waals surface area contributed by atoms with Crippen molar-refractivity contribution in [3.8, 4) is 0 Å². The smallest absolute Gasteiger partial charge is 0.276 e. The second-order valence-electron chi connectivity index (χ2n) is 5.18. The Kier molecular flexibility index (Phi) is 4.58. The van der Waals surface area contributed by atoms with Crippen molar-refractivity contribution in [2.24, 2.45) is 10.9 Å². The first kappa shape index (κ1) is 16.8. The number of nitrogens with one attached hydrogen (secondary N) is 1. The maximum Gasteiger partial charge on any atom is 0.335 e. The van der Waals surface area contributed by atoms with E-state index in [1.807, 2.05) is 0 Å². The van der Waals surface area contributed by atoms with Crippen molar-refractivity contribution in [2.45, 2.75) is 0 Å². The summed E-state index contributed by atoms with van der Waals surface area (Å²) in [6, 6.07) is 10.4. The number of aliphatic imine (C=N–C) groups is 1. The number of carbonyl (C=O) groups is 3. The summed E-state index contributed by atoms with van der Waals surface area (Å²) in [5.74, 6) is -3.33. The van der Waals surface area contributed by atoms with E-state index in [0.29, 0.717) is 10.7 Å². The van der Waals surface area contributed by atoms with Gasteiger partial charge in [0.15, 0.2) is 5.92 Å². The summed E-state index contributed by atoms with van der Waals surface area (Å²) in [5, 5.41) is 2.62. The third kappa shape index (κ3) is 3.56. The van der Waals surface area contributed by atoms with Gasteiger partial charge in [0.1, 0.15) is 5.82 Å². The molecule has 2 aromatic rings. The van der Waals surface area contributed by atoms with Gasteiger partial charge in [0.05, 0.1) is 11.4 Å². The zero-order chi connectivity index (χ0) is 18.0. The van der Waals surface area contributed by atoms with Crippen LogP contribution in [0, 0.1) is 11.7 Å². The summed E-state index contributed by atoms with van der Waals surface area (Å²) in [4.78, 5) is 41.3. The molecule has 0 radical (unpaired) electrons. The van der Waals surface area contributed by atoms with Gasteiger partial charge in [-0.3, -0.25) is 19.9 Å². The second kappa shape index (κ2) is 6.82. The minimum atomic E-state index is -1.28. The molecule has 4 amide bonds. The first-order valence-corrected chi connectivity index (χ1v) is 7.57. The zero-order valence-corrected chi connectivity index (χ0v) is 13.4. The molecule has 1 fully saturated rings. The molecule has 126 valence electrons. The van der Waals surface area contributed by atoms with Crippen molar-refractivity contribution in [2.75, 3.05) is 4.90 Å². The standard InChI is InChI=1S/C17H11ClFN3O3/c18-10-1-5-12(6-2-10)20-9-14-15(23)21-17(25)22(16(14)24)13-7-3-11(19)4-8-13/h1-9,14H,(H,21,23,25). The quantitative estimate of drug-likeness (QED) is 0.675. The highest BCUT2D eigenvalue weighted by Gasteiger charge is 2.40. The Balaban J connectivity index is 1.87. The molecule has 1 aliphatic rings. The number of hydrogen-bond acceptors (Lipinski definition) is 4. The molecule has 6 nitrogen and oxygen atoms in total. The van der Waals surface area contributed by atoms with Crippen molar-refractivity contribution in [3.05, 3.63) is 59.4 Å². The highest BCUT2D eigenvalue weighted by atomic mass is 35.5. The van der Waals surface area contributed by atoms with E-state index in [0.717, 1.165) is 23.2 Å². The van der Waals surface area contributed by atoms with Crippen molar-refractivity contribution < 1.29 is 18.8 Å². The zero-order valence-electron chi connectivity index (χ0n) is 12.6. The molecule has 2 aromatic carbocycles. The third-order valence-electron chi connectivity index (χ3n) is 3.49. The number of rotatable bonds is 3. The molecule has 8 heteroatoms. The van der Waals surface area contributed by atoms with Crippen LogP contribution in [-0.2, 0) is 9.59 Å². The van der Waals surface area contributed by atoms with E-state index >= 15 is 0 Å². The fourth-order valence-electron chi connectivity index (χ4n) is 2.24. The van der Waals surface area contributed by atoms with Crippen molar-refractivity contribution in [3.63, 3.8) is 0 Å². The number of anilines is 1. The van der Waals surface area contributed by atoms with E-state index < -0.39 is 29.6 Å². The van der Waals surface area contributed by atoms with Gasteiger partial charge < -0.3 is 0 Å². The molecule has 1 atom stereocenters. The number of carbonyl (C=O) groups excluding carboxylic acids is 3. The fourth-order valence-corrected chi connectivity index (χ4v) is 2.37. The summed E-state index contributed by atoms with van der Waals surface area (Å²) < 4.78 is 13.0. The van der Waals surface area contributed by atoms with E-state index in [2.05, 4.69) is 10.3 Å². The summed E-state index contributed by atoms with van der Waals surface area (Å²) in [6.07, 6.45) is 1.16. The highest BCUT2D eigenvalue weighted by Crippen LogP contribution is 2.21. The molecule has 25 heavy (non-hydrogen) atoms. The lowest BCUT2D eigenvalue weighted by Gasteiger charge is -2.28. The summed E-state index contributed by atoms with van der Waals surface area (Å²) >= 11 is 5.78. The van der Waals surface area contributed by atoms with Crippen molar-refractivity contribution >= 4 is 47.0 Å². The largest absolute Gasteiger partial charge is 0.335 e. The Morgan fingerprint density at radius 3 is 2.32 bits per heavy atom. The predicted octanol–water partition coefficient (Wildman–Crippen LogP) is 3.08. The molecule has 0 spiro atoms. The average Bonchev–Trinajstić information content (AvgIpc) is 2.57. The minimum Gasteiger partial charge on any atom is -0.276 e. The molecule has 1 unspecified atom stereocenters. The highest BCUT2D eigenvalue weighted by molar-refractivity contribution is 6.32. The molecule has 1 N–H and O–H groups in total. The molecule has 0 saturated carbocycles. The Labute approximate surface area is 146 Å². The molecule has 1 aliphatic heterocycles. The molecule has 0 aliphatic carbocycles. The maximum absolute atomic E-state index is 13.0. The molecule has 1 saturated heterocycles. The van der Waals surface area contributed by atoms with Crippen LogP contribution in [0.5, 0.6) is 0 Å². The average molecular weight is 360 g/mol. The van der Waals surface area contributed by atoms with Crippen molar-refractivity contribution in [1.82, 2.24) is 5.32 Å². The molecule has 1 heterocycles. The molecule has 3 rings (SSSR count). The summed E-state index contributed by atoms with van der Waals surface area (Å²) in [7, 11) is 0. The van der Waals surface area contributed by atoms with Crippen LogP contribution in [0.4, 0.5) is 20.6 Å². The van der Waals surface area contributed by atoms with Crippen LogP contribution in [0.2, 0.25) is 5.02 Å². The predicted molar refractivity (Wildman–Crippen MR) is 90.5 cm³/mol. The topological polar surface area (TPSA) is 78.8 Å². The van der Waals surface area contributed by atoms with E-state index in [1.54, 1.807) is 24.3 Å². The molecular weight excluding hydrogens is 349 g/mol. The van der Waals surface area contributed by atoms with Gasteiger partial charge in [-0.2, -0.15) is 0 Å². The second-order valence-corrected chi connectivity index (χ2v) is 5.61. The van der Waals surface area contributed by atoms with Gasteiger partial charge in [0, 0.05) is 11.2 Å². The SMILES string of the molecule is O=C1NC(=O)N(c2ccc(F)cc2)C(=O)C1C=Nc1ccc(Cl)cc1. The van der Waals surface area contributed by atoms with Crippen LogP contribution in [0.25, 0.3) is 0 Å². The Hall–Kier alpha value is -3.06. The number of benzene rings is 2. The van der Waals surface area contributed by atoms with Gasteiger partial charge in [0.2, 0.25) is 5.91 Å². The summed E-state index contributed by atoms with van der Waals surface area (Å²) in [6.45, 7) is 0. The van der Waals surface area contributed by atoms with Gasteiger partial charge in [0.25, 0.3) is 5.91 Å². The van der Waals surface area contributed by atoms with Crippen molar-refractivity contribution in [1.29, 1.82) is 0 Å². The number of halogens is 2. The number of amides is 4. The van der Waals surface area contributed by atoms with Crippen LogP contribution in [0.1, 0.15) is 0 Å². The van der Waals surface area contributed by atoms with E-state index in [4.69, 9.17) is 11.6 Å². The molecule has 0 aromatic heterocycles. The maximum atomic E-state index is 13.0. The number of hydrogen-bond donors (Lipinski definition) is 1. The lowest BCUT2D eigenvalue weighted by molar-refractivity contribution is -0.131. The van der Waals surface area contributed by atoms with Gasteiger partial charge in [-0.25, -0.2) is 14.1 Å². The van der Waals surface area contributed by atoms with Crippen LogP contribution in [0.15, 0.2) is 53.5 Å². The minimum absolute atomic E-state index is 0.154.